The number of benzene rings is 2. The van der Waals surface area contributed by atoms with Gasteiger partial charge < -0.3 is 10.4 Å². The molecule has 6 heteroatoms. The van der Waals surface area contributed by atoms with E-state index < -0.39 is 11.9 Å². The first-order chi connectivity index (χ1) is 11.0. The number of nitriles is 1. The lowest BCUT2D eigenvalue weighted by molar-refractivity contribution is -0.112. The number of hydrogen-bond donors (Lipinski definition) is 2. The smallest absolute Gasteiger partial charge is 0.335 e. The van der Waals surface area contributed by atoms with Crippen LogP contribution < -0.4 is 5.32 Å². The quantitative estimate of drug-likeness (QED) is 0.663. The average molecular weight is 327 g/mol. The van der Waals surface area contributed by atoms with Gasteiger partial charge in [0, 0.05) is 0 Å². The molecule has 0 spiro atoms. The zero-order valence-corrected chi connectivity index (χ0v) is 12.5. The monoisotopic (exact) mass is 326 g/mol. The highest BCUT2D eigenvalue weighted by Crippen LogP contribution is 2.21. The summed E-state index contributed by atoms with van der Waals surface area (Å²) in [6.07, 6.45) is 1.37. The first-order valence-corrected chi connectivity index (χ1v) is 6.90. The van der Waals surface area contributed by atoms with E-state index in [1.54, 1.807) is 24.3 Å². The van der Waals surface area contributed by atoms with E-state index >= 15 is 0 Å². The van der Waals surface area contributed by atoms with Gasteiger partial charge in [0.2, 0.25) is 0 Å². The third-order valence-corrected chi connectivity index (χ3v) is 3.29. The molecular weight excluding hydrogens is 316 g/mol. The van der Waals surface area contributed by atoms with Crippen molar-refractivity contribution in [1.29, 1.82) is 5.26 Å². The van der Waals surface area contributed by atoms with Crippen LogP contribution in [0, 0.1) is 11.3 Å². The summed E-state index contributed by atoms with van der Waals surface area (Å²) >= 11 is 5.95. The molecule has 0 saturated heterocycles. The van der Waals surface area contributed by atoms with Crippen LogP contribution in [-0.2, 0) is 4.79 Å². The maximum Gasteiger partial charge on any atom is 0.335 e. The molecule has 0 saturated carbocycles. The van der Waals surface area contributed by atoms with E-state index in [4.69, 9.17) is 22.0 Å². The summed E-state index contributed by atoms with van der Waals surface area (Å²) in [7, 11) is 0. The minimum absolute atomic E-state index is 0.118. The normalized spacial score (nSPS) is 10.7. The third-order valence-electron chi connectivity index (χ3n) is 2.96. The van der Waals surface area contributed by atoms with E-state index in [-0.39, 0.29) is 11.1 Å². The minimum Gasteiger partial charge on any atom is -0.478 e. The zero-order chi connectivity index (χ0) is 16.8. The predicted molar refractivity (Wildman–Crippen MR) is 87.1 cm³/mol. The van der Waals surface area contributed by atoms with Gasteiger partial charge in [0.25, 0.3) is 5.91 Å². The molecule has 0 bridgehead atoms. The number of anilines is 1. The lowest BCUT2D eigenvalue weighted by atomic mass is 10.1. The zero-order valence-electron chi connectivity index (χ0n) is 11.8. The Kier molecular flexibility index (Phi) is 5.13. The van der Waals surface area contributed by atoms with Gasteiger partial charge in [-0.05, 0) is 35.9 Å². The van der Waals surface area contributed by atoms with E-state index in [0.29, 0.717) is 16.3 Å². The molecule has 5 nitrogen and oxygen atoms in total. The number of halogens is 1. The molecule has 0 aliphatic heterocycles. The molecule has 2 rings (SSSR count). The topological polar surface area (TPSA) is 90.2 Å². The van der Waals surface area contributed by atoms with Crippen LogP contribution in [0.3, 0.4) is 0 Å². The second-order valence-corrected chi connectivity index (χ2v) is 4.94. The van der Waals surface area contributed by atoms with Gasteiger partial charge in [0.05, 0.1) is 16.3 Å². The van der Waals surface area contributed by atoms with Crippen LogP contribution in [-0.4, -0.2) is 17.0 Å². The van der Waals surface area contributed by atoms with Crippen molar-refractivity contribution in [3.63, 3.8) is 0 Å². The largest absolute Gasteiger partial charge is 0.478 e. The van der Waals surface area contributed by atoms with Crippen molar-refractivity contribution in [2.75, 3.05) is 5.32 Å². The van der Waals surface area contributed by atoms with Crippen molar-refractivity contribution >= 4 is 35.2 Å². The number of amides is 1. The van der Waals surface area contributed by atoms with E-state index in [9.17, 15) is 9.59 Å². The van der Waals surface area contributed by atoms with Gasteiger partial charge in [-0.15, -0.1) is 0 Å². The van der Waals surface area contributed by atoms with Crippen molar-refractivity contribution < 1.29 is 14.7 Å². The number of carbonyl (C=O) groups is 2. The summed E-state index contributed by atoms with van der Waals surface area (Å²) in [6.45, 7) is 0. The maximum absolute atomic E-state index is 12.1. The van der Waals surface area contributed by atoms with Crippen molar-refractivity contribution in [1.82, 2.24) is 0 Å². The van der Waals surface area contributed by atoms with Gasteiger partial charge in [-0.25, -0.2) is 4.79 Å². The molecule has 2 aromatic carbocycles. The average Bonchev–Trinajstić information content (AvgIpc) is 2.55. The molecule has 0 atom stereocenters. The second-order valence-electron chi connectivity index (χ2n) is 4.53. The molecule has 0 unspecified atom stereocenters. The number of para-hydroxylation sites is 1. The summed E-state index contributed by atoms with van der Waals surface area (Å²) in [5.74, 6) is -1.64. The summed E-state index contributed by atoms with van der Waals surface area (Å²) in [5, 5.41) is 20.9. The van der Waals surface area contributed by atoms with E-state index in [0.717, 1.165) is 0 Å². The molecular formula is C17H11ClN2O3. The molecule has 0 aromatic heterocycles. The Morgan fingerprint density at radius 1 is 1.13 bits per heavy atom. The molecule has 0 radical (unpaired) electrons. The number of nitrogens with zero attached hydrogens (tertiary/aromatic N) is 1. The predicted octanol–water partition coefficient (Wildman–Crippen LogP) is 3.58. The maximum atomic E-state index is 12.1. The standard InChI is InChI=1S/C17H11ClN2O3/c18-14-3-1-2-4-15(14)20-16(21)13(10-19)9-11-5-7-12(8-6-11)17(22)23/h1-9H,(H,20,21)(H,22,23)/b13-9+. The lowest BCUT2D eigenvalue weighted by Gasteiger charge is -2.06. The Balaban J connectivity index is 2.21. The third kappa shape index (κ3) is 4.19. The first kappa shape index (κ1) is 16.3. The van der Waals surface area contributed by atoms with Crippen LogP contribution in [0.15, 0.2) is 54.1 Å². The van der Waals surface area contributed by atoms with Gasteiger partial charge in [0.1, 0.15) is 11.6 Å². The second kappa shape index (κ2) is 7.25. The number of carboxylic acids is 1. The Labute approximate surface area is 137 Å². The molecule has 23 heavy (non-hydrogen) atoms. The Morgan fingerprint density at radius 2 is 1.78 bits per heavy atom. The van der Waals surface area contributed by atoms with E-state index in [1.807, 2.05) is 6.07 Å². The number of carboxylic acid groups (broad SMARTS) is 1. The van der Waals surface area contributed by atoms with Crippen LogP contribution >= 0.6 is 11.6 Å². The van der Waals surface area contributed by atoms with Gasteiger partial charge in [-0.2, -0.15) is 5.26 Å². The molecule has 0 aliphatic rings. The van der Waals surface area contributed by atoms with Crippen LogP contribution in [0.5, 0.6) is 0 Å². The molecule has 0 fully saturated rings. The SMILES string of the molecule is N#C/C(=C\c1ccc(C(=O)O)cc1)C(=O)Nc1ccccc1Cl. The van der Waals surface area contributed by atoms with Crippen molar-refractivity contribution in [3.8, 4) is 6.07 Å². The fraction of sp³-hybridized carbons (Fsp3) is 0. The fourth-order valence-electron chi connectivity index (χ4n) is 1.79. The molecule has 0 aliphatic carbocycles. The van der Waals surface area contributed by atoms with Crippen LogP contribution in [0.1, 0.15) is 15.9 Å². The molecule has 114 valence electrons. The highest BCUT2D eigenvalue weighted by molar-refractivity contribution is 6.34. The summed E-state index contributed by atoms with van der Waals surface area (Å²) in [6, 6.07) is 14.3. The molecule has 1 amide bonds. The highest BCUT2D eigenvalue weighted by atomic mass is 35.5. The first-order valence-electron chi connectivity index (χ1n) is 6.52. The number of rotatable bonds is 4. The van der Waals surface area contributed by atoms with Crippen LogP contribution in [0.25, 0.3) is 6.08 Å². The Hall–Kier alpha value is -3.10. The van der Waals surface area contributed by atoms with E-state index in [1.165, 1.54) is 30.3 Å². The van der Waals surface area contributed by atoms with E-state index in [2.05, 4.69) is 5.32 Å². The molecule has 2 aromatic rings. The summed E-state index contributed by atoms with van der Waals surface area (Å²) in [4.78, 5) is 22.9. The van der Waals surface area contributed by atoms with Crippen LogP contribution in [0.4, 0.5) is 5.69 Å². The minimum atomic E-state index is -1.04. The van der Waals surface area contributed by atoms with Crippen molar-refractivity contribution in [2.24, 2.45) is 0 Å². The molecule has 2 N–H and O–H groups in total. The summed E-state index contributed by atoms with van der Waals surface area (Å²) in [5.41, 5.74) is 0.955. The summed E-state index contributed by atoms with van der Waals surface area (Å²) < 4.78 is 0. The van der Waals surface area contributed by atoms with Gasteiger partial charge in [0.15, 0.2) is 0 Å². The Bertz CT molecular complexity index is 820. The van der Waals surface area contributed by atoms with Crippen molar-refractivity contribution in [3.05, 3.63) is 70.3 Å². The van der Waals surface area contributed by atoms with Crippen molar-refractivity contribution in [2.45, 2.75) is 0 Å². The van der Waals surface area contributed by atoms with Gasteiger partial charge in [-0.3, -0.25) is 4.79 Å². The highest BCUT2D eigenvalue weighted by Gasteiger charge is 2.11. The van der Waals surface area contributed by atoms with Gasteiger partial charge in [-0.1, -0.05) is 35.9 Å². The molecule has 0 heterocycles. The Morgan fingerprint density at radius 3 is 2.35 bits per heavy atom. The number of nitrogens with one attached hydrogen (secondary N) is 1. The van der Waals surface area contributed by atoms with Gasteiger partial charge >= 0.3 is 5.97 Å². The van der Waals surface area contributed by atoms with Crippen LogP contribution in [0.2, 0.25) is 5.02 Å². The lowest BCUT2D eigenvalue weighted by Crippen LogP contribution is -2.13. The fourth-order valence-corrected chi connectivity index (χ4v) is 1.97. The number of hydrogen-bond acceptors (Lipinski definition) is 3. The number of carbonyl (C=O) groups excluding carboxylic acids is 1. The number of aromatic carboxylic acids is 1.